The molecule has 0 radical (unpaired) electrons. The van der Waals surface area contributed by atoms with E-state index in [1.807, 2.05) is 0 Å². The lowest BCUT2D eigenvalue weighted by atomic mass is 10.4. The Bertz CT molecular complexity index is 459. The van der Waals surface area contributed by atoms with Crippen molar-refractivity contribution in [1.82, 2.24) is 25.8 Å². The molecule has 0 fully saturated rings. The molecule has 11 heteroatoms. The molecule has 0 saturated heterocycles. The van der Waals surface area contributed by atoms with Crippen molar-refractivity contribution in [2.75, 3.05) is 0 Å². The van der Waals surface area contributed by atoms with Crippen molar-refractivity contribution in [2.24, 2.45) is 0 Å². The average Bonchev–Trinajstić information content (AvgIpc) is 2.71. The van der Waals surface area contributed by atoms with Crippen LogP contribution >= 0.6 is 0 Å². The molecule has 0 atom stereocenters. The number of hydrogen-bond acceptors (Lipinski definition) is 8. The molecular weight excluding hydrogens is 198 g/mol. The number of hydrogen-bond donors (Lipinski definition) is 1. The van der Waals surface area contributed by atoms with Gasteiger partial charge in [-0.1, -0.05) is 0 Å². The molecule has 0 amide bonds. The Balaban J connectivity index is 2.62. The van der Waals surface area contributed by atoms with E-state index in [-0.39, 0.29) is 10.7 Å². The molecule has 72 valence electrons. The number of nitro groups is 1. The first-order valence-electron chi connectivity index (χ1n) is 3.18. The van der Waals surface area contributed by atoms with E-state index in [9.17, 15) is 15.3 Å². The van der Waals surface area contributed by atoms with Gasteiger partial charge in [0.1, 0.15) is 0 Å². The minimum Gasteiger partial charge on any atom is -0.359 e. The Labute approximate surface area is 74.0 Å². The van der Waals surface area contributed by atoms with Crippen molar-refractivity contribution in [2.45, 2.75) is 0 Å². The number of H-pyrrole nitrogens is 1. The molecule has 0 unspecified atom stereocenters. The van der Waals surface area contributed by atoms with Crippen molar-refractivity contribution in [1.29, 1.82) is 0 Å². The van der Waals surface area contributed by atoms with Crippen LogP contribution in [0.5, 0.6) is 0 Å². The molecule has 0 aromatic carbocycles. The lowest BCUT2D eigenvalue weighted by molar-refractivity contribution is -0.793. The second-order valence-electron chi connectivity index (χ2n) is 2.09. The van der Waals surface area contributed by atoms with E-state index in [2.05, 4.69) is 30.4 Å². The van der Waals surface area contributed by atoms with Crippen molar-refractivity contribution in [3.05, 3.63) is 15.3 Å². The van der Waals surface area contributed by atoms with Gasteiger partial charge in [0.05, 0.1) is 5.16 Å². The van der Waals surface area contributed by atoms with Crippen LogP contribution in [0, 0.1) is 15.3 Å². The summed E-state index contributed by atoms with van der Waals surface area (Å²) in [5.74, 6) is -1.02. The maximum atomic E-state index is 10.9. The third-order valence-electron chi connectivity index (χ3n) is 1.33. The van der Waals surface area contributed by atoms with Gasteiger partial charge in [-0.15, -0.1) is 10.2 Å². The highest BCUT2D eigenvalue weighted by Crippen LogP contribution is 2.19. The van der Waals surface area contributed by atoms with Crippen molar-refractivity contribution in [3.63, 3.8) is 0 Å². The predicted octanol–water partition coefficient (Wildman–Crippen LogP) is -1.60. The van der Waals surface area contributed by atoms with Gasteiger partial charge >= 0.3 is 11.5 Å². The van der Waals surface area contributed by atoms with Gasteiger partial charge in [0, 0.05) is 0 Å². The maximum Gasteiger partial charge on any atom is 0.444 e. The molecule has 11 nitrogen and oxygen atoms in total. The normalized spacial score (nSPS) is 10.3. The van der Waals surface area contributed by atoms with Crippen LogP contribution in [0.15, 0.2) is 4.63 Å². The first-order chi connectivity index (χ1) is 6.70. The van der Waals surface area contributed by atoms with Gasteiger partial charge in [0.15, 0.2) is 0 Å². The van der Waals surface area contributed by atoms with Gasteiger partial charge < -0.3 is 15.3 Å². The highest BCUT2D eigenvalue weighted by Gasteiger charge is 2.30. The Morgan fingerprint density at radius 3 is 2.93 bits per heavy atom. The Hall–Kier alpha value is -2.59. The summed E-state index contributed by atoms with van der Waals surface area (Å²) >= 11 is 0. The summed E-state index contributed by atoms with van der Waals surface area (Å²) in [5.41, 5.74) is -0.497. The molecule has 0 aliphatic rings. The third-order valence-corrected chi connectivity index (χ3v) is 1.33. The van der Waals surface area contributed by atoms with Crippen LogP contribution < -0.4 is 4.90 Å². The van der Waals surface area contributed by atoms with Gasteiger partial charge in [0.25, 0.3) is 5.82 Å². The number of aromatic amines is 1. The zero-order valence-electron chi connectivity index (χ0n) is 6.32. The van der Waals surface area contributed by atoms with Crippen LogP contribution in [-0.4, -0.2) is 30.7 Å². The van der Waals surface area contributed by atoms with E-state index < -0.39 is 16.4 Å². The van der Waals surface area contributed by atoms with Gasteiger partial charge in [0.2, 0.25) is 0 Å². The summed E-state index contributed by atoms with van der Waals surface area (Å²) in [6.45, 7) is 0. The van der Waals surface area contributed by atoms with Crippen LogP contribution in [0.3, 0.4) is 0 Å². The number of tetrazole rings is 1. The van der Waals surface area contributed by atoms with E-state index >= 15 is 0 Å². The highest BCUT2D eigenvalue weighted by molar-refractivity contribution is 5.54. The van der Waals surface area contributed by atoms with Crippen molar-refractivity contribution in [3.8, 4) is 11.5 Å². The van der Waals surface area contributed by atoms with Crippen molar-refractivity contribution >= 4 is 5.82 Å². The molecule has 2 aromatic rings. The lowest BCUT2D eigenvalue weighted by Gasteiger charge is -1.89. The molecular formula is C3HN7O4. The van der Waals surface area contributed by atoms with Crippen LogP contribution in [0.4, 0.5) is 5.82 Å². The van der Waals surface area contributed by atoms with Crippen molar-refractivity contribution < 1.29 is 14.5 Å². The van der Waals surface area contributed by atoms with E-state index in [1.54, 1.807) is 0 Å². The molecule has 0 saturated carbocycles. The van der Waals surface area contributed by atoms with Gasteiger partial charge in [-0.2, -0.15) is 5.21 Å². The Kier molecular flexibility index (Phi) is 1.56. The summed E-state index contributed by atoms with van der Waals surface area (Å²) in [4.78, 5) is 9.33. The molecule has 0 aliphatic heterocycles. The zero-order valence-corrected chi connectivity index (χ0v) is 6.32. The van der Waals surface area contributed by atoms with Gasteiger partial charge in [-0.05, 0) is 15.0 Å². The topological polar surface area (TPSA) is 151 Å². The summed E-state index contributed by atoms with van der Waals surface area (Å²) in [7, 11) is 0. The molecule has 2 heterocycles. The molecule has 0 aliphatic carbocycles. The Morgan fingerprint density at radius 1 is 1.57 bits per heavy atom. The third kappa shape index (κ3) is 1.03. The van der Waals surface area contributed by atoms with Crippen LogP contribution in [-0.2, 0) is 0 Å². The number of rotatable bonds is 2. The fourth-order valence-electron chi connectivity index (χ4n) is 0.805. The van der Waals surface area contributed by atoms with Crippen LogP contribution in [0.1, 0.15) is 0 Å². The first kappa shape index (κ1) is 8.03. The number of nitrogens with zero attached hydrogens (tertiary/aromatic N) is 6. The summed E-state index contributed by atoms with van der Waals surface area (Å²) < 4.78 is 4.03. The lowest BCUT2D eigenvalue weighted by Crippen LogP contribution is -2.25. The quantitative estimate of drug-likeness (QED) is 0.344. The largest absolute Gasteiger partial charge is 0.444 e. The predicted molar refractivity (Wildman–Crippen MR) is 35.3 cm³/mol. The smallest absolute Gasteiger partial charge is 0.359 e. The average molecular weight is 199 g/mol. The van der Waals surface area contributed by atoms with E-state index in [0.717, 1.165) is 0 Å². The summed E-state index contributed by atoms with van der Waals surface area (Å²) in [5, 5.41) is 36.2. The summed E-state index contributed by atoms with van der Waals surface area (Å²) in [6, 6.07) is 0. The van der Waals surface area contributed by atoms with Gasteiger partial charge in [-0.25, -0.2) is 0 Å². The van der Waals surface area contributed by atoms with Crippen LogP contribution in [0.25, 0.3) is 11.5 Å². The number of aromatic nitrogens is 6. The molecule has 1 N–H and O–H groups in total. The molecule has 0 spiro atoms. The fourth-order valence-corrected chi connectivity index (χ4v) is 0.805. The van der Waals surface area contributed by atoms with Gasteiger partial charge in [-0.3, -0.25) is 4.63 Å². The van der Waals surface area contributed by atoms with E-state index in [0.29, 0.717) is 0 Å². The Morgan fingerprint density at radius 2 is 2.36 bits per heavy atom. The second-order valence-corrected chi connectivity index (χ2v) is 2.09. The molecule has 2 aromatic heterocycles. The SMILES string of the molecule is O=[N+]([O-])c1no[n+]([O-])c1-c1nn[nH]n1. The minimum absolute atomic E-state index is 0.164. The first-order valence-corrected chi connectivity index (χ1v) is 3.18. The molecule has 0 bridgehead atoms. The van der Waals surface area contributed by atoms with E-state index in [1.165, 1.54) is 0 Å². The molecule has 14 heavy (non-hydrogen) atoms. The molecule has 2 rings (SSSR count). The standard InChI is InChI=1S/C3HN7O4/c11-9(12)3-1(10(13)14-6-3)2-4-7-8-5-2/h(H,4,5,7,8). The van der Waals surface area contributed by atoms with Crippen LogP contribution in [0.2, 0.25) is 0 Å². The monoisotopic (exact) mass is 199 g/mol. The minimum atomic E-state index is -0.885. The zero-order chi connectivity index (χ0) is 10.1. The maximum absolute atomic E-state index is 10.9. The van der Waals surface area contributed by atoms with E-state index in [4.69, 9.17) is 0 Å². The number of nitrogens with one attached hydrogen (secondary N) is 1. The second kappa shape index (κ2) is 2.72. The highest BCUT2D eigenvalue weighted by atomic mass is 16.8. The fraction of sp³-hybridized carbons (Fsp3) is 0. The summed E-state index contributed by atoms with van der Waals surface area (Å²) in [6.07, 6.45) is 0.